The van der Waals surface area contributed by atoms with Gasteiger partial charge in [-0.15, -0.1) is 0 Å². The average Bonchev–Trinajstić information content (AvgIpc) is 2.26. The van der Waals surface area contributed by atoms with Gasteiger partial charge >= 0.3 is 6.18 Å². The maximum atomic E-state index is 13.0. The third-order valence-corrected chi connectivity index (χ3v) is 2.42. The van der Waals surface area contributed by atoms with Crippen molar-refractivity contribution in [1.29, 1.82) is 0 Å². The molecule has 0 radical (unpaired) electrons. The summed E-state index contributed by atoms with van der Waals surface area (Å²) in [4.78, 5) is 0. The van der Waals surface area contributed by atoms with Gasteiger partial charge in [-0.25, -0.2) is 8.78 Å². The van der Waals surface area contributed by atoms with Gasteiger partial charge in [0.1, 0.15) is 0 Å². The molecule has 1 rings (SSSR count). The summed E-state index contributed by atoms with van der Waals surface area (Å²) in [5.74, 6) is -2.21. The molecule has 1 unspecified atom stereocenters. The van der Waals surface area contributed by atoms with Crippen LogP contribution in [0.15, 0.2) is 18.2 Å². The number of hydrogen-bond donors (Lipinski definition) is 1. The molecular formula is C12H14F5N. The molecule has 0 amide bonds. The minimum Gasteiger partial charge on any atom is -0.310 e. The smallest absolute Gasteiger partial charge is 0.310 e. The van der Waals surface area contributed by atoms with Crippen LogP contribution in [0.25, 0.3) is 0 Å². The summed E-state index contributed by atoms with van der Waals surface area (Å²) < 4.78 is 62.9. The van der Waals surface area contributed by atoms with Gasteiger partial charge in [0, 0.05) is 6.04 Å². The standard InChI is InChI=1S/C12H14F5N/c1-2-5-18-11(7-12(15,16)17)8-3-4-9(13)10(14)6-8/h3-4,6,11,18H,2,5,7H2,1H3. The third-order valence-electron chi connectivity index (χ3n) is 2.42. The average molecular weight is 267 g/mol. The highest BCUT2D eigenvalue weighted by Gasteiger charge is 2.32. The first-order chi connectivity index (χ1) is 8.33. The number of rotatable bonds is 5. The number of alkyl halides is 3. The maximum absolute atomic E-state index is 13.0. The van der Waals surface area contributed by atoms with Crippen molar-refractivity contribution in [2.24, 2.45) is 0 Å². The number of benzene rings is 1. The quantitative estimate of drug-likeness (QED) is 0.796. The topological polar surface area (TPSA) is 12.0 Å². The Labute approximate surface area is 102 Å². The van der Waals surface area contributed by atoms with Gasteiger partial charge in [0.25, 0.3) is 0 Å². The molecular weight excluding hydrogens is 253 g/mol. The fourth-order valence-corrected chi connectivity index (χ4v) is 1.59. The number of hydrogen-bond acceptors (Lipinski definition) is 1. The summed E-state index contributed by atoms with van der Waals surface area (Å²) in [7, 11) is 0. The van der Waals surface area contributed by atoms with Gasteiger partial charge in [0.15, 0.2) is 11.6 Å². The van der Waals surface area contributed by atoms with E-state index < -0.39 is 30.3 Å². The molecule has 0 spiro atoms. The molecule has 1 nitrogen and oxygen atoms in total. The summed E-state index contributed by atoms with van der Waals surface area (Å²) in [5.41, 5.74) is 0.0969. The van der Waals surface area contributed by atoms with Crippen LogP contribution in [0.4, 0.5) is 22.0 Å². The Morgan fingerprint density at radius 2 is 1.83 bits per heavy atom. The van der Waals surface area contributed by atoms with Crippen molar-refractivity contribution >= 4 is 0 Å². The predicted octanol–water partition coefficient (Wildman–Crippen LogP) is 3.96. The van der Waals surface area contributed by atoms with Crippen LogP contribution in [-0.4, -0.2) is 12.7 Å². The third kappa shape index (κ3) is 4.60. The summed E-state index contributed by atoms with van der Waals surface area (Å²) in [6.45, 7) is 2.18. The SMILES string of the molecule is CCCNC(CC(F)(F)F)c1ccc(F)c(F)c1. The molecule has 1 aromatic rings. The molecule has 0 saturated carbocycles. The predicted molar refractivity (Wildman–Crippen MR) is 58.1 cm³/mol. The van der Waals surface area contributed by atoms with Crippen molar-refractivity contribution in [3.63, 3.8) is 0 Å². The number of nitrogens with one attached hydrogen (secondary N) is 1. The van der Waals surface area contributed by atoms with Crippen LogP contribution in [0.5, 0.6) is 0 Å². The second-order valence-corrected chi connectivity index (χ2v) is 4.00. The lowest BCUT2D eigenvalue weighted by Crippen LogP contribution is -2.27. The van der Waals surface area contributed by atoms with Crippen molar-refractivity contribution < 1.29 is 22.0 Å². The van der Waals surface area contributed by atoms with Crippen molar-refractivity contribution in [3.8, 4) is 0 Å². The Kier molecular flexibility index (Phi) is 5.07. The zero-order valence-electron chi connectivity index (χ0n) is 9.82. The van der Waals surface area contributed by atoms with Crippen LogP contribution in [0.1, 0.15) is 31.4 Å². The van der Waals surface area contributed by atoms with Gasteiger partial charge in [-0.2, -0.15) is 13.2 Å². The van der Waals surface area contributed by atoms with E-state index in [0.717, 1.165) is 18.2 Å². The second-order valence-electron chi connectivity index (χ2n) is 4.00. The normalized spacial score (nSPS) is 13.7. The van der Waals surface area contributed by atoms with Crippen LogP contribution in [0, 0.1) is 11.6 Å². The van der Waals surface area contributed by atoms with E-state index in [4.69, 9.17) is 0 Å². The van der Waals surface area contributed by atoms with E-state index in [1.165, 1.54) is 0 Å². The fraction of sp³-hybridized carbons (Fsp3) is 0.500. The molecule has 1 aromatic carbocycles. The van der Waals surface area contributed by atoms with Crippen LogP contribution in [-0.2, 0) is 0 Å². The monoisotopic (exact) mass is 267 g/mol. The Bertz CT molecular complexity index is 389. The van der Waals surface area contributed by atoms with E-state index >= 15 is 0 Å². The van der Waals surface area contributed by atoms with Crippen LogP contribution in [0.3, 0.4) is 0 Å². The molecule has 0 bridgehead atoms. The largest absolute Gasteiger partial charge is 0.390 e. The van der Waals surface area contributed by atoms with Gasteiger partial charge in [0.05, 0.1) is 6.42 Å². The van der Waals surface area contributed by atoms with Crippen molar-refractivity contribution in [1.82, 2.24) is 5.32 Å². The fourth-order valence-electron chi connectivity index (χ4n) is 1.59. The Morgan fingerprint density at radius 3 is 2.33 bits per heavy atom. The molecule has 0 fully saturated rings. The Balaban J connectivity index is 2.90. The Hall–Kier alpha value is -1.17. The van der Waals surface area contributed by atoms with Crippen LogP contribution >= 0.6 is 0 Å². The molecule has 6 heteroatoms. The molecule has 0 aliphatic carbocycles. The molecule has 0 aliphatic heterocycles. The molecule has 18 heavy (non-hydrogen) atoms. The molecule has 0 heterocycles. The lowest BCUT2D eigenvalue weighted by atomic mass is 10.0. The van der Waals surface area contributed by atoms with Crippen LogP contribution < -0.4 is 5.32 Å². The van der Waals surface area contributed by atoms with E-state index in [2.05, 4.69) is 5.32 Å². The molecule has 0 saturated heterocycles. The van der Waals surface area contributed by atoms with E-state index in [0.29, 0.717) is 13.0 Å². The van der Waals surface area contributed by atoms with Crippen molar-refractivity contribution in [2.75, 3.05) is 6.54 Å². The zero-order chi connectivity index (χ0) is 13.8. The highest BCUT2D eigenvalue weighted by molar-refractivity contribution is 5.21. The lowest BCUT2D eigenvalue weighted by Gasteiger charge is -2.20. The highest BCUT2D eigenvalue weighted by Crippen LogP contribution is 2.30. The molecule has 1 atom stereocenters. The van der Waals surface area contributed by atoms with Gasteiger partial charge < -0.3 is 5.32 Å². The molecule has 102 valence electrons. The van der Waals surface area contributed by atoms with Gasteiger partial charge in [-0.3, -0.25) is 0 Å². The summed E-state index contributed by atoms with van der Waals surface area (Å²) in [5, 5.41) is 2.68. The van der Waals surface area contributed by atoms with Crippen molar-refractivity contribution in [2.45, 2.75) is 32.0 Å². The zero-order valence-corrected chi connectivity index (χ0v) is 9.82. The summed E-state index contributed by atoms with van der Waals surface area (Å²) in [6, 6.07) is 1.74. The summed E-state index contributed by atoms with van der Waals surface area (Å²) in [6.07, 6.45) is -4.83. The van der Waals surface area contributed by atoms with E-state index in [9.17, 15) is 22.0 Å². The van der Waals surface area contributed by atoms with Gasteiger partial charge in [-0.1, -0.05) is 13.0 Å². The lowest BCUT2D eigenvalue weighted by molar-refractivity contribution is -0.140. The first kappa shape index (κ1) is 14.9. The maximum Gasteiger partial charge on any atom is 0.390 e. The molecule has 0 aromatic heterocycles. The van der Waals surface area contributed by atoms with Gasteiger partial charge in [-0.05, 0) is 30.7 Å². The van der Waals surface area contributed by atoms with E-state index in [1.54, 1.807) is 0 Å². The van der Waals surface area contributed by atoms with E-state index in [-0.39, 0.29) is 5.56 Å². The first-order valence-corrected chi connectivity index (χ1v) is 5.58. The molecule has 1 N–H and O–H groups in total. The van der Waals surface area contributed by atoms with Gasteiger partial charge in [0.2, 0.25) is 0 Å². The van der Waals surface area contributed by atoms with E-state index in [1.807, 2.05) is 6.92 Å². The Morgan fingerprint density at radius 1 is 1.17 bits per heavy atom. The number of halogens is 5. The van der Waals surface area contributed by atoms with Crippen molar-refractivity contribution in [3.05, 3.63) is 35.4 Å². The van der Waals surface area contributed by atoms with Crippen LogP contribution in [0.2, 0.25) is 0 Å². The molecule has 0 aliphatic rings. The first-order valence-electron chi connectivity index (χ1n) is 5.58. The summed E-state index contributed by atoms with van der Waals surface area (Å²) >= 11 is 0. The minimum absolute atomic E-state index is 0.0969. The highest BCUT2D eigenvalue weighted by atomic mass is 19.4. The minimum atomic E-state index is -4.36. The second kappa shape index (κ2) is 6.13.